The van der Waals surface area contributed by atoms with E-state index >= 15 is 0 Å². The Balaban J connectivity index is 1.84. The Morgan fingerprint density at radius 3 is 2.38 bits per heavy atom. The van der Waals surface area contributed by atoms with Gasteiger partial charge >= 0.3 is 0 Å². The van der Waals surface area contributed by atoms with Gasteiger partial charge in [-0.15, -0.1) is 11.3 Å². The molecule has 180 valence electrons. The molecule has 0 spiro atoms. The Bertz CT molecular complexity index is 1120. The first-order valence-corrected chi connectivity index (χ1v) is 13.0. The van der Waals surface area contributed by atoms with Crippen LogP contribution in [0, 0.1) is 18.7 Å². The summed E-state index contributed by atoms with van der Waals surface area (Å²) in [6.07, 6.45) is 0.907. The molecule has 0 aliphatic rings. The second kappa shape index (κ2) is 12.3. The average molecular weight is 546 g/mol. The third-order valence-corrected chi connectivity index (χ3v) is 7.17. The van der Waals surface area contributed by atoms with Crippen LogP contribution in [0.5, 0.6) is 0 Å². The van der Waals surface area contributed by atoms with Crippen molar-refractivity contribution < 1.29 is 14.0 Å². The first-order chi connectivity index (χ1) is 16.2. The number of hydrogen-bond acceptors (Lipinski definition) is 3. The van der Waals surface area contributed by atoms with Gasteiger partial charge in [0.05, 0.1) is 6.54 Å². The summed E-state index contributed by atoms with van der Waals surface area (Å²) in [7, 11) is 0. The summed E-state index contributed by atoms with van der Waals surface area (Å²) in [4.78, 5) is 32.6. The van der Waals surface area contributed by atoms with Crippen molar-refractivity contribution in [3.8, 4) is 0 Å². The van der Waals surface area contributed by atoms with E-state index in [2.05, 4.69) is 29.8 Å². The molecule has 0 bridgehead atoms. The summed E-state index contributed by atoms with van der Waals surface area (Å²) >= 11 is 5.07. The van der Waals surface area contributed by atoms with Crippen LogP contribution in [-0.4, -0.2) is 34.7 Å². The van der Waals surface area contributed by atoms with Crippen LogP contribution in [0.3, 0.4) is 0 Å². The van der Waals surface area contributed by atoms with E-state index in [0.717, 1.165) is 21.3 Å². The van der Waals surface area contributed by atoms with Gasteiger partial charge in [0.2, 0.25) is 5.91 Å². The summed E-state index contributed by atoms with van der Waals surface area (Å²) in [5.74, 6) is -0.352. The lowest BCUT2D eigenvalue weighted by Crippen LogP contribution is -2.44. The summed E-state index contributed by atoms with van der Waals surface area (Å²) in [6, 6.07) is 17.5. The molecule has 2 amide bonds. The molecule has 0 radical (unpaired) electrons. The van der Waals surface area contributed by atoms with Crippen LogP contribution in [0.2, 0.25) is 0 Å². The van der Waals surface area contributed by atoms with Gasteiger partial charge in [-0.05, 0) is 60.9 Å². The fraction of sp³-hybridized carbons (Fsp3) is 0.333. The number of carbonyl (C=O) groups is 2. The summed E-state index contributed by atoms with van der Waals surface area (Å²) in [5.41, 5.74) is 1.39. The highest BCUT2D eigenvalue weighted by Gasteiger charge is 2.24. The number of hydrogen-bond donors (Lipinski definition) is 0. The summed E-state index contributed by atoms with van der Waals surface area (Å²) in [6.45, 7) is 7.46. The first-order valence-electron chi connectivity index (χ1n) is 11.4. The molecule has 0 N–H and O–H groups in total. The molecule has 34 heavy (non-hydrogen) atoms. The van der Waals surface area contributed by atoms with E-state index in [0.29, 0.717) is 25.2 Å². The van der Waals surface area contributed by atoms with Crippen molar-refractivity contribution in [2.24, 2.45) is 5.92 Å². The molecule has 0 unspecified atom stereocenters. The molecule has 7 heteroatoms. The molecule has 0 saturated carbocycles. The predicted octanol–water partition coefficient (Wildman–Crippen LogP) is 6.68. The predicted molar refractivity (Wildman–Crippen MR) is 139 cm³/mol. The topological polar surface area (TPSA) is 40.6 Å². The van der Waals surface area contributed by atoms with E-state index < -0.39 is 0 Å². The second-order valence-corrected chi connectivity index (χ2v) is 10.9. The largest absolute Gasteiger partial charge is 0.332 e. The van der Waals surface area contributed by atoms with Crippen molar-refractivity contribution in [1.29, 1.82) is 0 Å². The van der Waals surface area contributed by atoms with Crippen LogP contribution in [-0.2, 0) is 17.9 Å². The molecule has 0 aliphatic carbocycles. The minimum absolute atomic E-state index is 0.0127. The summed E-state index contributed by atoms with van der Waals surface area (Å²) in [5, 5.41) is 0. The molecule has 1 heterocycles. The van der Waals surface area contributed by atoms with Crippen LogP contribution in [0.1, 0.15) is 45.9 Å². The van der Waals surface area contributed by atoms with E-state index in [1.54, 1.807) is 45.4 Å². The van der Waals surface area contributed by atoms with E-state index in [1.807, 2.05) is 31.2 Å². The molecule has 0 aliphatic heterocycles. The van der Waals surface area contributed by atoms with Crippen LogP contribution in [0.15, 0.2) is 65.1 Å². The zero-order chi connectivity index (χ0) is 24.7. The van der Waals surface area contributed by atoms with Gasteiger partial charge in [0.1, 0.15) is 12.4 Å². The minimum Gasteiger partial charge on any atom is -0.332 e. The van der Waals surface area contributed by atoms with Gasteiger partial charge in [-0.2, -0.15) is 0 Å². The van der Waals surface area contributed by atoms with Crippen molar-refractivity contribution in [3.63, 3.8) is 0 Å². The Labute approximate surface area is 213 Å². The fourth-order valence-corrected chi connectivity index (χ4v) is 4.90. The van der Waals surface area contributed by atoms with Crippen LogP contribution < -0.4 is 0 Å². The molecule has 3 aromatic rings. The Morgan fingerprint density at radius 2 is 1.76 bits per heavy atom. The highest BCUT2D eigenvalue weighted by atomic mass is 79.9. The van der Waals surface area contributed by atoms with Crippen molar-refractivity contribution in [2.45, 2.75) is 40.3 Å². The van der Waals surface area contributed by atoms with E-state index in [9.17, 15) is 14.0 Å². The maximum Gasteiger partial charge on any atom is 0.254 e. The van der Waals surface area contributed by atoms with Gasteiger partial charge in [0.25, 0.3) is 5.91 Å². The SMILES string of the molecule is CC[C@@H](C)CN(CC(=O)N(Cc1ccc(F)cc1)Cc1ccc(C)s1)C(=O)c1cccc(Br)c1. The lowest BCUT2D eigenvalue weighted by Gasteiger charge is -2.29. The van der Waals surface area contributed by atoms with Crippen molar-refractivity contribution in [1.82, 2.24) is 9.80 Å². The fourth-order valence-electron chi connectivity index (χ4n) is 3.59. The van der Waals surface area contributed by atoms with E-state index in [1.165, 1.54) is 17.0 Å². The number of amides is 2. The highest BCUT2D eigenvalue weighted by molar-refractivity contribution is 9.10. The molecule has 4 nitrogen and oxygen atoms in total. The maximum absolute atomic E-state index is 13.6. The van der Waals surface area contributed by atoms with Crippen LogP contribution >= 0.6 is 27.3 Å². The normalized spacial score (nSPS) is 11.8. The van der Waals surface area contributed by atoms with E-state index in [-0.39, 0.29) is 30.1 Å². The van der Waals surface area contributed by atoms with Gasteiger partial charge < -0.3 is 9.80 Å². The van der Waals surface area contributed by atoms with Gasteiger partial charge in [0, 0.05) is 32.9 Å². The number of nitrogens with zero attached hydrogens (tertiary/aromatic N) is 2. The zero-order valence-electron chi connectivity index (χ0n) is 19.8. The minimum atomic E-state index is -0.310. The van der Waals surface area contributed by atoms with Gasteiger partial charge in [-0.25, -0.2) is 4.39 Å². The Morgan fingerprint density at radius 1 is 1.03 bits per heavy atom. The number of carbonyl (C=O) groups excluding carboxylic acids is 2. The van der Waals surface area contributed by atoms with Crippen LogP contribution in [0.25, 0.3) is 0 Å². The molecular formula is C27H30BrFN2O2S. The highest BCUT2D eigenvalue weighted by Crippen LogP contribution is 2.20. The molecule has 2 aromatic carbocycles. The first kappa shape index (κ1) is 26.1. The Kier molecular flexibility index (Phi) is 9.42. The number of benzene rings is 2. The third kappa shape index (κ3) is 7.50. The Hall–Kier alpha value is -2.51. The van der Waals surface area contributed by atoms with Gasteiger partial charge in [-0.1, -0.05) is 54.4 Å². The molecule has 0 saturated heterocycles. The van der Waals surface area contributed by atoms with Crippen molar-refractivity contribution in [3.05, 3.63) is 91.8 Å². The van der Waals surface area contributed by atoms with Gasteiger partial charge in [-0.3, -0.25) is 9.59 Å². The van der Waals surface area contributed by atoms with Crippen molar-refractivity contribution in [2.75, 3.05) is 13.1 Å². The molecule has 1 aromatic heterocycles. The zero-order valence-corrected chi connectivity index (χ0v) is 22.2. The molecule has 0 fully saturated rings. The standard InChI is InChI=1S/C27H30BrFN2O2S/c1-4-19(2)15-31(27(33)22-6-5-7-23(28)14-22)18-26(32)30(17-25-13-8-20(3)34-25)16-21-9-11-24(29)12-10-21/h5-14,19H,4,15-18H2,1-3H3/t19-/m1/s1. The number of aryl methyl sites for hydroxylation is 1. The second-order valence-electron chi connectivity index (χ2n) is 8.60. The molecule has 3 rings (SSSR count). The maximum atomic E-state index is 13.6. The van der Waals surface area contributed by atoms with Gasteiger partial charge in [0.15, 0.2) is 0 Å². The lowest BCUT2D eigenvalue weighted by atomic mass is 10.1. The summed E-state index contributed by atoms with van der Waals surface area (Å²) < 4.78 is 14.2. The number of thiophene rings is 1. The smallest absolute Gasteiger partial charge is 0.254 e. The molecular weight excluding hydrogens is 515 g/mol. The molecule has 1 atom stereocenters. The van der Waals surface area contributed by atoms with Crippen LogP contribution in [0.4, 0.5) is 4.39 Å². The quantitative estimate of drug-likeness (QED) is 0.285. The van der Waals surface area contributed by atoms with Crippen molar-refractivity contribution >= 4 is 39.1 Å². The lowest BCUT2D eigenvalue weighted by molar-refractivity contribution is -0.133. The average Bonchev–Trinajstić information content (AvgIpc) is 3.23. The monoisotopic (exact) mass is 544 g/mol. The number of halogens is 2. The number of rotatable bonds is 10. The van der Waals surface area contributed by atoms with E-state index in [4.69, 9.17) is 0 Å². The third-order valence-electron chi connectivity index (χ3n) is 5.70.